The lowest BCUT2D eigenvalue weighted by atomic mass is 9.86. The van der Waals surface area contributed by atoms with E-state index in [1.54, 1.807) is 6.92 Å². The third-order valence-electron chi connectivity index (χ3n) is 3.97. The molecule has 5 nitrogen and oxygen atoms in total. The summed E-state index contributed by atoms with van der Waals surface area (Å²) in [6.07, 6.45) is 1.56. The van der Waals surface area contributed by atoms with Crippen LogP contribution in [-0.2, 0) is 4.79 Å². The van der Waals surface area contributed by atoms with E-state index in [1.165, 1.54) is 0 Å². The Morgan fingerprint density at radius 1 is 1.24 bits per heavy atom. The standard InChI is InChI=1S/C12H20N4O/c1-11(17)15-6-2-12(10-13,3-7-15)16-8-4-14-5-9-16/h14H,2-9H2,1H3. The third kappa shape index (κ3) is 2.43. The highest BCUT2D eigenvalue weighted by molar-refractivity contribution is 5.73. The number of likely N-dealkylation sites (tertiary alicyclic amines) is 1. The molecule has 2 fully saturated rings. The van der Waals surface area contributed by atoms with Gasteiger partial charge in [0.15, 0.2) is 0 Å². The Kier molecular flexibility index (Phi) is 3.65. The first-order valence-corrected chi connectivity index (χ1v) is 6.30. The van der Waals surface area contributed by atoms with E-state index in [-0.39, 0.29) is 11.4 Å². The van der Waals surface area contributed by atoms with E-state index in [0.29, 0.717) is 13.1 Å². The molecular formula is C12H20N4O. The summed E-state index contributed by atoms with van der Waals surface area (Å²) in [6.45, 7) is 6.82. The van der Waals surface area contributed by atoms with E-state index >= 15 is 0 Å². The van der Waals surface area contributed by atoms with Gasteiger partial charge in [-0.3, -0.25) is 9.69 Å². The molecule has 2 aliphatic heterocycles. The topological polar surface area (TPSA) is 59.4 Å². The van der Waals surface area contributed by atoms with Gasteiger partial charge in [-0.25, -0.2) is 0 Å². The van der Waals surface area contributed by atoms with E-state index in [2.05, 4.69) is 16.3 Å². The average Bonchev–Trinajstić information content (AvgIpc) is 2.40. The van der Waals surface area contributed by atoms with Crippen molar-refractivity contribution in [2.75, 3.05) is 39.3 Å². The lowest BCUT2D eigenvalue weighted by molar-refractivity contribution is -0.131. The number of piperazine rings is 1. The summed E-state index contributed by atoms with van der Waals surface area (Å²) in [5.41, 5.74) is -0.339. The molecule has 0 aliphatic carbocycles. The molecule has 2 saturated heterocycles. The van der Waals surface area contributed by atoms with Crippen molar-refractivity contribution in [3.63, 3.8) is 0 Å². The van der Waals surface area contributed by atoms with Crippen molar-refractivity contribution < 1.29 is 4.79 Å². The molecule has 0 saturated carbocycles. The Hall–Kier alpha value is -1.12. The van der Waals surface area contributed by atoms with Crippen LogP contribution in [0, 0.1) is 11.3 Å². The van der Waals surface area contributed by atoms with Crippen LogP contribution in [0.1, 0.15) is 19.8 Å². The van der Waals surface area contributed by atoms with Gasteiger partial charge in [-0.15, -0.1) is 0 Å². The average molecular weight is 236 g/mol. The first-order chi connectivity index (χ1) is 8.18. The predicted molar refractivity (Wildman–Crippen MR) is 64.3 cm³/mol. The van der Waals surface area contributed by atoms with E-state index in [0.717, 1.165) is 39.0 Å². The van der Waals surface area contributed by atoms with Crippen molar-refractivity contribution in [1.29, 1.82) is 5.26 Å². The maximum Gasteiger partial charge on any atom is 0.219 e. The van der Waals surface area contributed by atoms with E-state index in [1.807, 2.05) is 4.90 Å². The zero-order valence-electron chi connectivity index (χ0n) is 10.4. The van der Waals surface area contributed by atoms with Gasteiger partial charge in [-0.1, -0.05) is 0 Å². The summed E-state index contributed by atoms with van der Waals surface area (Å²) in [5.74, 6) is 0.122. The highest BCUT2D eigenvalue weighted by Crippen LogP contribution is 2.28. The second-order valence-corrected chi connectivity index (χ2v) is 4.89. The molecular weight excluding hydrogens is 216 g/mol. The van der Waals surface area contributed by atoms with Gasteiger partial charge in [-0.2, -0.15) is 5.26 Å². The van der Waals surface area contributed by atoms with Crippen LogP contribution in [0.25, 0.3) is 0 Å². The maximum atomic E-state index is 11.3. The number of rotatable bonds is 1. The maximum absolute atomic E-state index is 11.3. The summed E-state index contributed by atoms with van der Waals surface area (Å²) in [7, 11) is 0. The number of hydrogen-bond acceptors (Lipinski definition) is 4. The normalized spacial score (nSPS) is 25.3. The number of nitrogens with zero attached hydrogens (tertiary/aromatic N) is 3. The van der Waals surface area contributed by atoms with Crippen molar-refractivity contribution in [2.45, 2.75) is 25.3 Å². The fourth-order valence-corrected chi connectivity index (χ4v) is 2.78. The zero-order valence-corrected chi connectivity index (χ0v) is 10.4. The summed E-state index contributed by atoms with van der Waals surface area (Å²) in [5, 5.41) is 12.8. The van der Waals surface area contributed by atoms with Crippen LogP contribution in [0.2, 0.25) is 0 Å². The molecule has 2 aliphatic rings. The second kappa shape index (κ2) is 5.03. The molecule has 94 valence electrons. The quantitative estimate of drug-likeness (QED) is 0.685. The molecule has 1 amide bonds. The van der Waals surface area contributed by atoms with Crippen LogP contribution >= 0.6 is 0 Å². The molecule has 0 bridgehead atoms. The lowest BCUT2D eigenvalue weighted by Crippen LogP contribution is -2.59. The summed E-state index contributed by atoms with van der Waals surface area (Å²) in [6, 6.07) is 2.51. The lowest BCUT2D eigenvalue weighted by Gasteiger charge is -2.45. The fraction of sp³-hybridized carbons (Fsp3) is 0.833. The van der Waals surface area contributed by atoms with Crippen LogP contribution in [0.5, 0.6) is 0 Å². The fourth-order valence-electron chi connectivity index (χ4n) is 2.78. The summed E-state index contributed by atoms with van der Waals surface area (Å²) in [4.78, 5) is 15.4. The number of amides is 1. The molecule has 0 aromatic carbocycles. The Morgan fingerprint density at radius 2 is 1.82 bits per heavy atom. The number of nitriles is 1. The van der Waals surface area contributed by atoms with Crippen LogP contribution in [0.4, 0.5) is 0 Å². The molecule has 0 atom stereocenters. The Labute approximate surface area is 102 Å². The first kappa shape index (κ1) is 12.3. The molecule has 2 heterocycles. The van der Waals surface area contributed by atoms with Gasteiger partial charge in [0.2, 0.25) is 5.91 Å². The van der Waals surface area contributed by atoms with Gasteiger partial charge in [0.1, 0.15) is 5.54 Å². The Balaban J connectivity index is 2.02. The van der Waals surface area contributed by atoms with Crippen molar-refractivity contribution in [2.24, 2.45) is 0 Å². The smallest absolute Gasteiger partial charge is 0.219 e. The number of piperidine rings is 1. The minimum atomic E-state index is -0.339. The highest BCUT2D eigenvalue weighted by Gasteiger charge is 2.40. The number of hydrogen-bond donors (Lipinski definition) is 1. The summed E-state index contributed by atoms with van der Waals surface area (Å²) >= 11 is 0. The van der Waals surface area contributed by atoms with Crippen LogP contribution in [0.15, 0.2) is 0 Å². The monoisotopic (exact) mass is 236 g/mol. The number of carbonyl (C=O) groups excluding carboxylic acids is 1. The molecule has 0 aromatic heterocycles. The van der Waals surface area contributed by atoms with Gasteiger partial charge in [-0.05, 0) is 12.8 Å². The minimum absolute atomic E-state index is 0.122. The van der Waals surface area contributed by atoms with Gasteiger partial charge in [0.25, 0.3) is 0 Å². The number of nitrogens with one attached hydrogen (secondary N) is 1. The molecule has 0 radical (unpaired) electrons. The molecule has 1 N–H and O–H groups in total. The van der Waals surface area contributed by atoms with E-state index in [9.17, 15) is 10.1 Å². The Bertz CT molecular complexity index is 322. The Morgan fingerprint density at radius 3 is 2.29 bits per heavy atom. The third-order valence-corrected chi connectivity index (χ3v) is 3.97. The molecule has 17 heavy (non-hydrogen) atoms. The highest BCUT2D eigenvalue weighted by atomic mass is 16.2. The SMILES string of the molecule is CC(=O)N1CCC(C#N)(N2CCNCC2)CC1. The van der Waals surface area contributed by atoms with Gasteiger partial charge < -0.3 is 10.2 Å². The zero-order chi connectivity index (χ0) is 12.3. The van der Waals surface area contributed by atoms with Crippen LogP contribution in [-0.4, -0.2) is 60.5 Å². The van der Waals surface area contributed by atoms with Gasteiger partial charge in [0, 0.05) is 46.2 Å². The van der Waals surface area contributed by atoms with Crippen LogP contribution in [0.3, 0.4) is 0 Å². The van der Waals surface area contributed by atoms with E-state index < -0.39 is 0 Å². The van der Waals surface area contributed by atoms with Crippen molar-refractivity contribution in [3.8, 4) is 6.07 Å². The number of carbonyl (C=O) groups is 1. The van der Waals surface area contributed by atoms with Crippen molar-refractivity contribution in [1.82, 2.24) is 15.1 Å². The summed E-state index contributed by atoms with van der Waals surface area (Å²) < 4.78 is 0. The molecule has 5 heteroatoms. The largest absolute Gasteiger partial charge is 0.343 e. The molecule has 0 aromatic rings. The molecule has 2 rings (SSSR count). The molecule has 0 spiro atoms. The minimum Gasteiger partial charge on any atom is -0.343 e. The van der Waals surface area contributed by atoms with Gasteiger partial charge >= 0.3 is 0 Å². The van der Waals surface area contributed by atoms with Crippen molar-refractivity contribution >= 4 is 5.91 Å². The first-order valence-electron chi connectivity index (χ1n) is 6.30. The van der Waals surface area contributed by atoms with Crippen molar-refractivity contribution in [3.05, 3.63) is 0 Å². The second-order valence-electron chi connectivity index (χ2n) is 4.89. The van der Waals surface area contributed by atoms with Gasteiger partial charge in [0.05, 0.1) is 6.07 Å². The van der Waals surface area contributed by atoms with E-state index in [4.69, 9.17) is 0 Å². The predicted octanol–water partition coefficient (Wildman–Crippen LogP) is -0.204. The van der Waals surface area contributed by atoms with Crippen LogP contribution < -0.4 is 5.32 Å². The molecule has 0 unspecified atom stereocenters.